The number of fused-ring (bicyclic) bond motifs is 1. The molecule has 0 aliphatic heterocycles. The van der Waals surface area contributed by atoms with Gasteiger partial charge in [0.25, 0.3) is 0 Å². The summed E-state index contributed by atoms with van der Waals surface area (Å²) in [4.78, 5) is 7.56. The molecule has 1 N–H and O–H groups in total. The van der Waals surface area contributed by atoms with Crippen LogP contribution >= 0.6 is 0 Å². The number of benzene rings is 1. The van der Waals surface area contributed by atoms with E-state index in [1.807, 2.05) is 39.0 Å². The van der Waals surface area contributed by atoms with E-state index in [0.717, 1.165) is 22.4 Å². The van der Waals surface area contributed by atoms with Gasteiger partial charge >= 0.3 is 0 Å². The minimum Gasteiger partial charge on any atom is -0.420 e. The Labute approximate surface area is 104 Å². The summed E-state index contributed by atoms with van der Waals surface area (Å²) in [7, 11) is 0. The molecule has 92 valence electrons. The fourth-order valence-corrected chi connectivity index (χ4v) is 1.85. The van der Waals surface area contributed by atoms with Crippen LogP contribution in [0.4, 0.5) is 0 Å². The second-order valence-electron chi connectivity index (χ2n) is 4.65. The first-order valence-electron chi connectivity index (χ1n) is 5.93. The number of hydrogen-bond acceptors (Lipinski definition) is 4. The van der Waals surface area contributed by atoms with E-state index in [9.17, 15) is 0 Å². The third-order valence-electron chi connectivity index (χ3n) is 2.78. The Morgan fingerprint density at radius 2 is 2.06 bits per heavy atom. The average Bonchev–Trinajstić information content (AvgIpc) is 2.91. The van der Waals surface area contributed by atoms with E-state index >= 15 is 0 Å². The maximum atomic E-state index is 5.63. The molecular formula is C13H14N4O. The Bertz CT molecular complexity index is 696. The van der Waals surface area contributed by atoms with Gasteiger partial charge in [0.05, 0.1) is 11.0 Å². The minimum atomic E-state index is 0.240. The smallest absolute Gasteiger partial charge is 0.247 e. The molecule has 3 rings (SSSR count). The fourth-order valence-electron chi connectivity index (χ4n) is 1.85. The summed E-state index contributed by atoms with van der Waals surface area (Å²) in [5.41, 5.74) is 2.83. The zero-order valence-corrected chi connectivity index (χ0v) is 10.6. The molecule has 0 bridgehead atoms. The Balaban J connectivity index is 2.06. The van der Waals surface area contributed by atoms with Crippen LogP contribution in [0.3, 0.4) is 0 Å². The van der Waals surface area contributed by atoms with Gasteiger partial charge in [0, 0.05) is 11.5 Å². The van der Waals surface area contributed by atoms with Crippen molar-refractivity contribution in [2.75, 3.05) is 0 Å². The number of nitrogens with one attached hydrogen (secondary N) is 1. The van der Waals surface area contributed by atoms with Crippen molar-refractivity contribution in [3.05, 3.63) is 29.9 Å². The van der Waals surface area contributed by atoms with Gasteiger partial charge in [-0.25, -0.2) is 4.98 Å². The van der Waals surface area contributed by atoms with Crippen molar-refractivity contribution >= 4 is 11.0 Å². The van der Waals surface area contributed by atoms with E-state index in [0.29, 0.717) is 11.8 Å². The molecule has 0 amide bonds. The third-order valence-corrected chi connectivity index (χ3v) is 2.78. The van der Waals surface area contributed by atoms with Crippen LogP contribution in [-0.4, -0.2) is 20.2 Å². The van der Waals surface area contributed by atoms with Gasteiger partial charge in [-0.05, 0) is 25.1 Å². The molecule has 5 heteroatoms. The molecule has 5 nitrogen and oxygen atoms in total. The molecule has 18 heavy (non-hydrogen) atoms. The molecule has 2 heterocycles. The van der Waals surface area contributed by atoms with Gasteiger partial charge in [-0.15, -0.1) is 10.2 Å². The van der Waals surface area contributed by atoms with Crippen molar-refractivity contribution in [2.45, 2.75) is 26.7 Å². The number of H-pyrrole nitrogens is 1. The highest BCUT2D eigenvalue weighted by molar-refractivity contribution is 5.80. The van der Waals surface area contributed by atoms with Crippen LogP contribution in [0, 0.1) is 6.92 Å². The van der Waals surface area contributed by atoms with Crippen molar-refractivity contribution in [1.29, 1.82) is 0 Å². The summed E-state index contributed by atoms with van der Waals surface area (Å²) in [6.45, 7) is 5.99. The quantitative estimate of drug-likeness (QED) is 0.750. The van der Waals surface area contributed by atoms with Crippen molar-refractivity contribution in [3.8, 4) is 11.5 Å². The normalized spacial score (nSPS) is 11.6. The Hall–Kier alpha value is -2.17. The van der Waals surface area contributed by atoms with Crippen LogP contribution in [0.25, 0.3) is 22.5 Å². The number of aromatic nitrogens is 4. The number of aromatic amines is 1. The Morgan fingerprint density at radius 3 is 2.78 bits per heavy atom. The predicted molar refractivity (Wildman–Crippen MR) is 68.2 cm³/mol. The summed E-state index contributed by atoms with van der Waals surface area (Å²) >= 11 is 0. The van der Waals surface area contributed by atoms with Gasteiger partial charge in [-0.3, -0.25) is 0 Å². The van der Waals surface area contributed by atoms with Crippen LogP contribution in [-0.2, 0) is 0 Å². The molecule has 0 fully saturated rings. The van der Waals surface area contributed by atoms with E-state index in [1.165, 1.54) is 0 Å². The molecule has 1 aromatic carbocycles. The lowest BCUT2D eigenvalue weighted by atomic mass is 10.2. The average molecular weight is 242 g/mol. The monoisotopic (exact) mass is 242 g/mol. The van der Waals surface area contributed by atoms with Gasteiger partial charge < -0.3 is 9.40 Å². The van der Waals surface area contributed by atoms with Crippen molar-refractivity contribution in [3.63, 3.8) is 0 Å². The van der Waals surface area contributed by atoms with Crippen LogP contribution in [0.5, 0.6) is 0 Å². The Morgan fingerprint density at radius 1 is 1.22 bits per heavy atom. The molecule has 0 atom stereocenters. The molecule has 0 unspecified atom stereocenters. The molecule has 0 aliphatic carbocycles. The highest BCUT2D eigenvalue weighted by Gasteiger charge is 2.12. The molecule has 0 saturated heterocycles. The topological polar surface area (TPSA) is 67.6 Å². The number of aryl methyl sites for hydroxylation is 1. The summed E-state index contributed by atoms with van der Waals surface area (Å²) in [5.74, 6) is 2.35. The van der Waals surface area contributed by atoms with Crippen molar-refractivity contribution in [2.24, 2.45) is 0 Å². The summed E-state index contributed by atoms with van der Waals surface area (Å²) in [6, 6.07) is 5.88. The van der Waals surface area contributed by atoms with Gasteiger partial charge in [0.2, 0.25) is 11.8 Å². The molecular weight excluding hydrogens is 228 g/mol. The van der Waals surface area contributed by atoms with Crippen LogP contribution in [0.1, 0.15) is 31.5 Å². The number of rotatable bonds is 2. The van der Waals surface area contributed by atoms with Crippen LogP contribution < -0.4 is 0 Å². The maximum Gasteiger partial charge on any atom is 0.247 e. The lowest BCUT2D eigenvalue weighted by Gasteiger charge is -1.96. The molecule has 0 saturated carbocycles. The molecule has 0 aliphatic rings. The molecule has 3 aromatic rings. The minimum absolute atomic E-state index is 0.240. The first-order valence-corrected chi connectivity index (χ1v) is 5.93. The van der Waals surface area contributed by atoms with E-state index in [2.05, 4.69) is 20.2 Å². The first kappa shape index (κ1) is 11.0. The predicted octanol–water partition coefficient (Wildman–Crippen LogP) is 3.04. The lowest BCUT2D eigenvalue weighted by molar-refractivity contribution is 0.481. The van der Waals surface area contributed by atoms with E-state index in [1.54, 1.807) is 0 Å². The SMILES string of the molecule is Cc1nc2ccc(-c3nnc(C(C)C)o3)cc2[nH]1. The summed E-state index contributed by atoms with van der Waals surface area (Å²) in [5, 5.41) is 8.11. The van der Waals surface area contributed by atoms with Crippen LogP contribution in [0.2, 0.25) is 0 Å². The van der Waals surface area contributed by atoms with E-state index < -0.39 is 0 Å². The number of hydrogen-bond donors (Lipinski definition) is 1. The lowest BCUT2D eigenvalue weighted by Crippen LogP contribution is -1.85. The summed E-state index contributed by atoms with van der Waals surface area (Å²) in [6.07, 6.45) is 0. The second-order valence-corrected chi connectivity index (χ2v) is 4.65. The van der Waals surface area contributed by atoms with E-state index in [4.69, 9.17) is 4.42 Å². The standard InChI is InChI=1S/C13H14N4O/c1-7(2)12-16-17-13(18-12)9-4-5-10-11(6-9)15-8(3)14-10/h4-7H,1-3H3,(H,14,15). The Kier molecular flexibility index (Phi) is 2.40. The maximum absolute atomic E-state index is 5.63. The van der Waals surface area contributed by atoms with Crippen molar-refractivity contribution in [1.82, 2.24) is 20.2 Å². The number of imidazole rings is 1. The van der Waals surface area contributed by atoms with Gasteiger partial charge in [0.15, 0.2) is 0 Å². The van der Waals surface area contributed by atoms with Gasteiger partial charge in [-0.2, -0.15) is 0 Å². The second kappa shape index (κ2) is 3.94. The zero-order chi connectivity index (χ0) is 12.7. The van der Waals surface area contributed by atoms with Crippen molar-refractivity contribution < 1.29 is 4.42 Å². The fraction of sp³-hybridized carbons (Fsp3) is 0.308. The highest BCUT2D eigenvalue weighted by atomic mass is 16.4. The molecule has 2 aromatic heterocycles. The largest absolute Gasteiger partial charge is 0.420 e. The van der Waals surface area contributed by atoms with Crippen LogP contribution in [0.15, 0.2) is 22.6 Å². The van der Waals surface area contributed by atoms with Gasteiger partial charge in [0.1, 0.15) is 5.82 Å². The molecule has 0 spiro atoms. The first-order chi connectivity index (χ1) is 8.63. The number of nitrogens with zero attached hydrogens (tertiary/aromatic N) is 3. The van der Waals surface area contributed by atoms with E-state index in [-0.39, 0.29) is 5.92 Å². The van der Waals surface area contributed by atoms with Gasteiger partial charge in [-0.1, -0.05) is 13.8 Å². The zero-order valence-electron chi connectivity index (χ0n) is 10.6. The summed E-state index contributed by atoms with van der Waals surface area (Å²) < 4.78 is 5.63. The molecule has 0 radical (unpaired) electrons. The highest BCUT2D eigenvalue weighted by Crippen LogP contribution is 2.24. The third kappa shape index (κ3) is 1.77.